The van der Waals surface area contributed by atoms with Crippen LogP contribution in [0.25, 0.3) is 0 Å². The van der Waals surface area contributed by atoms with Crippen LogP contribution in [0.15, 0.2) is 42.5 Å². The second kappa shape index (κ2) is 3.73. The summed E-state index contributed by atoms with van der Waals surface area (Å²) >= 11 is 0. The summed E-state index contributed by atoms with van der Waals surface area (Å²) in [5.74, 6) is 0. The van der Waals surface area contributed by atoms with Crippen molar-refractivity contribution in [3.63, 3.8) is 0 Å². The largest absolute Gasteiger partial charge is 0.289 e. The second-order valence-electron chi connectivity index (χ2n) is 3.24. The fourth-order valence-corrected chi connectivity index (χ4v) is 1.35. The monoisotopic (exact) mass is 175 g/mol. The molecule has 1 aromatic rings. The summed E-state index contributed by atoms with van der Waals surface area (Å²) in [4.78, 5) is 5.44. The third-order valence-corrected chi connectivity index (χ3v) is 2.08. The first-order chi connectivity index (χ1) is 6.36. The first kappa shape index (κ1) is 8.48. The molecule has 0 aromatic heterocycles. The Morgan fingerprint density at radius 1 is 1.15 bits per heavy atom. The average Bonchev–Trinajstić information content (AvgIpc) is 2.20. The highest BCUT2D eigenvalue weighted by Gasteiger charge is 2.13. The topological polar surface area (TPSA) is 21.3 Å². The van der Waals surface area contributed by atoms with Gasteiger partial charge in [0.1, 0.15) is 6.10 Å². The lowest BCUT2D eigenvalue weighted by atomic mass is 10.1. The molecule has 1 aliphatic rings. The zero-order valence-electron chi connectivity index (χ0n) is 7.60. The van der Waals surface area contributed by atoms with E-state index in [-0.39, 0.29) is 6.10 Å². The van der Waals surface area contributed by atoms with Crippen LogP contribution in [0.3, 0.4) is 0 Å². The average molecular weight is 175 g/mol. The van der Waals surface area contributed by atoms with E-state index < -0.39 is 0 Å². The van der Waals surface area contributed by atoms with Gasteiger partial charge in [0.15, 0.2) is 0 Å². The lowest BCUT2D eigenvalue weighted by Crippen LogP contribution is -2.29. The Morgan fingerprint density at radius 2 is 1.92 bits per heavy atom. The highest BCUT2D eigenvalue weighted by molar-refractivity contribution is 5.22. The van der Waals surface area contributed by atoms with Crippen molar-refractivity contribution in [3.8, 4) is 0 Å². The van der Waals surface area contributed by atoms with Crippen LogP contribution in [0.5, 0.6) is 0 Å². The summed E-state index contributed by atoms with van der Waals surface area (Å²) < 4.78 is 0. The number of hydroxylamine groups is 1. The van der Waals surface area contributed by atoms with Gasteiger partial charge in [0.05, 0.1) is 0 Å². The van der Waals surface area contributed by atoms with Crippen LogP contribution in [0.1, 0.15) is 18.6 Å². The van der Waals surface area contributed by atoms with Crippen LogP contribution < -0.4 is 5.48 Å². The molecule has 2 heteroatoms. The standard InChI is InChI=1S/C11H13NO/c1-9-7-8-11(13-12-9)10-5-3-2-4-6-10/h2-9,11-12H,1H3. The molecule has 0 aliphatic carbocycles. The number of nitrogens with one attached hydrogen (secondary N) is 1. The molecule has 0 bridgehead atoms. The molecule has 1 heterocycles. The Bertz CT molecular complexity index is 294. The SMILES string of the molecule is CC1C=CC(c2ccccc2)ON1. The van der Waals surface area contributed by atoms with Crippen LogP contribution in [0, 0.1) is 0 Å². The van der Waals surface area contributed by atoms with Gasteiger partial charge >= 0.3 is 0 Å². The van der Waals surface area contributed by atoms with Crippen LogP contribution in [-0.2, 0) is 4.84 Å². The molecule has 13 heavy (non-hydrogen) atoms. The predicted molar refractivity (Wildman–Crippen MR) is 52.0 cm³/mol. The van der Waals surface area contributed by atoms with Crippen molar-refractivity contribution in [3.05, 3.63) is 48.0 Å². The van der Waals surface area contributed by atoms with E-state index in [2.05, 4.69) is 36.7 Å². The lowest BCUT2D eigenvalue weighted by Gasteiger charge is -2.22. The van der Waals surface area contributed by atoms with Crippen molar-refractivity contribution in [2.45, 2.75) is 19.1 Å². The smallest absolute Gasteiger partial charge is 0.122 e. The van der Waals surface area contributed by atoms with Crippen molar-refractivity contribution in [1.29, 1.82) is 0 Å². The van der Waals surface area contributed by atoms with Crippen LogP contribution >= 0.6 is 0 Å². The zero-order valence-corrected chi connectivity index (χ0v) is 7.60. The highest BCUT2D eigenvalue weighted by Crippen LogP contribution is 2.20. The molecule has 68 valence electrons. The normalized spacial score (nSPS) is 27.5. The molecule has 0 fully saturated rings. The predicted octanol–water partition coefficient (Wildman–Crippen LogP) is 2.21. The van der Waals surface area contributed by atoms with Crippen molar-refractivity contribution >= 4 is 0 Å². The van der Waals surface area contributed by atoms with Gasteiger partial charge in [-0.05, 0) is 12.5 Å². The van der Waals surface area contributed by atoms with E-state index in [0.29, 0.717) is 6.04 Å². The molecule has 2 atom stereocenters. The maximum atomic E-state index is 5.44. The van der Waals surface area contributed by atoms with Crippen LogP contribution in [-0.4, -0.2) is 6.04 Å². The molecule has 0 amide bonds. The van der Waals surface area contributed by atoms with Crippen LogP contribution in [0.2, 0.25) is 0 Å². The maximum Gasteiger partial charge on any atom is 0.122 e. The third kappa shape index (κ3) is 1.97. The minimum atomic E-state index is 0.0531. The van der Waals surface area contributed by atoms with E-state index in [1.807, 2.05) is 18.2 Å². The Labute approximate surface area is 78.2 Å². The van der Waals surface area contributed by atoms with E-state index in [9.17, 15) is 0 Å². The molecular formula is C11H13NO. The van der Waals surface area contributed by atoms with Gasteiger partial charge < -0.3 is 0 Å². The quantitative estimate of drug-likeness (QED) is 0.661. The van der Waals surface area contributed by atoms with Crippen molar-refractivity contribution in [2.75, 3.05) is 0 Å². The molecule has 0 saturated carbocycles. The van der Waals surface area contributed by atoms with Crippen molar-refractivity contribution < 1.29 is 4.84 Å². The number of hydrogen-bond acceptors (Lipinski definition) is 2. The number of hydrogen-bond donors (Lipinski definition) is 1. The van der Waals surface area contributed by atoms with E-state index in [0.717, 1.165) is 0 Å². The lowest BCUT2D eigenvalue weighted by molar-refractivity contribution is -0.0204. The van der Waals surface area contributed by atoms with Crippen LogP contribution in [0.4, 0.5) is 0 Å². The molecule has 2 unspecified atom stereocenters. The third-order valence-electron chi connectivity index (χ3n) is 2.08. The fraction of sp³-hybridized carbons (Fsp3) is 0.273. The molecular weight excluding hydrogens is 162 g/mol. The van der Waals surface area contributed by atoms with E-state index in [1.54, 1.807) is 0 Å². The Balaban J connectivity index is 2.15. The van der Waals surface area contributed by atoms with Gasteiger partial charge in [0.2, 0.25) is 0 Å². The van der Waals surface area contributed by atoms with Gasteiger partial charge in [-0.25, -0.2) is 0 Å². The Kier molecular flexibility index (Phi) is 2.43. The van der Waals surface area contributed by atoms with Crippen molar-refractivity contribution in [1.82, 2.24) is 5.48 Å². The molecule has 2 nitrogen and oxygen atoms in total. The van der Waals surface area contributed by atoms with Crippen molar-refractivity contribution in [2.24, 2.45) is 0 Å². The second-order valence-corrected chi connectivity index (χ2v) is 3.24. The molecule has 0 saturated heterocycles. The Morgan fingerprint density at radius 3 is 2.54 bits per heavy atom. The summed E-state index contributed by atoms with van der Waals surface area (Å²) in [6, 6.07) is 10.5. The van der Waals surface area contributed by atoms with E-state index in [4.69, 9.17) is 4.84 Å². The number of benzene rings is 1. The Hall–Kier alpha value is -1.12. The molecule has 1 aromatic carbocycles. The molecule has 0 spiro atoms. The summed E-state index contributed by atoms with van der Waals surface area (Å²) in [7, 11) is 0. The molecule has 0 radical (unpaired) electrons. The highest BCUT2D eigenvalue weighted by atomic mass is 16.7. The van der Waals surface area contributed by atoms with Gasteiger partial charge in [-0.2, -0.15) is 5.48 Å². The van der Waals surface area contributed by atoms with E-state index in [1.165, 1.54) is 5.56 Å². The first-order valence-corrected chi connectivity index (χ1v) is 4.51. The molecule has 1 N–H and O–H groups in total. The van der Waals surface area contributed by atoms with E-state index >= 15 is 0 Å². The summed E-state index contributed by atoms with van der Waals surface area (Å²) in [6.45, 7) is 2.05. The first-order valence-electron chi connectivity index (χ1n) is 4.51. The van der Waals surface area contributed by atoms with Gasteiger partial charge in [0, 0.05) is 6.04 Å². The summed E-state index contributed by atoms with van der Waals surface area (Å²) in [5, 5.41) is 0. The number of rotatable bonds is 1. The fourth-order valence-electron chi connectivity index (χ4n) is 1.35. The molecule has 1 aliphatic heterocycles. The minimum absolute atomic E-state index is 0.0531. The zero-order chi connectivity index (χ0) is 9.10. The van der Waals surface area contributed by atoms with Gasteiger partial charge in [-0.3, -0.25) is 4.84 Å². The summed E-state index contributed by atoms with van der Waals surface area (Å²) in [5.41, 5.74) is 4.12. The van der Waals surface area contributed by atoms with Gasteiger partial charge in [-0.15, -0.1) is 0 Å². The minimum Gasteiger partial charge on any atom is -0.289 e. The summed E-state index contributed by atoms with van der Waals surface area (Å²) in [6.07, 6.45) is 4.25. The van der Waals surface area contributed by atoms with Gasteiger partial charge in [-0.1, -0.05) is 42.5 Å². The molecule has 2 rings (SSSR count). The van der Waals surface area contributed by atoms with Gasteiger partial charge in [0.25, 0.3) is 0 Å². The maximum absolute atomic E-state index is 5.44.